The molecule has 4 heterocycles. The fourth-order valence-corrected chi connectivity index (χ4v) is 8.76. The molecule has 0 bridgehead atoms. The van der Waals surface area contributed by atoms with Crippen molar-refractivity contribution in [3.8, 4) is 39.2 Å². The van der Waals surface area contributed by atoms with E-state index < -0.39 is 11.9 Å². The van der Waals surface area contributed by atoms with Crippen LogP contribution in [0.3, 0.4) is 0 Å². The van der Waals surface area contributed by atoms with E-state index >= 15 is 0 Å². The topological polar surface area (TPSA) is 121 Å². The molecule has 0 saturated carbocycles. The first-order chi connectivity index (χ1) is 26.8. The Hall–Kier alpha value is -4.95. The third-order valence-corrected chi connectivity index (χ3v) is 12.0. The predicted octanol–water partition coefficient (Wildman–Crippen LogP) is 7.06. The van der Waals surface area contributed by atoms with E-state index in [1.54, 1.807) is 34.4 Å². The van der Waals surface area contributed by atoms with Gasteiger partial charge in [-0.2, -0.15) is 0 Å². The lowest BCUT2D eigenvalue weighted by Crippen LogP contribution is -2.52. The van der Waals surface area contributed by atoms with E-state index in [-0.39, 0.29) is 24.0 Å². The van der Waals surface area contributed by atoms with Gasteiger partial charge in [0, 0.05) is 72.4 Å². The predicted molar refractivity (Wildman–Crippen MR) is 214 cm³/mol. The lowest BCUT2D eigenvalue weighted by atomic mass is 10.0. The van der Waals surface area contributed by atoms with E-state index in [0.29, 0.717) is 43.2 Å². The van der Waals surface area contributed by atoms with Gasteiger partial charge < -0.3 is 29.1 Å². The summed E-state index contributed by atoms with van der Waals surface area (Å²) in [6.45, 7) is 7.23. The van der Waals surface area contributed by atoms with Crippen LogP contribution >= 0.6 is 27.3 Å². The minimum absolute atomic E-state index is 0.180. The van der Waals surface area contributed by atoms with E-state index in [0.717, 1.165) is 87.8 Å². The summed E-state index contributed by atoms with van der Waals surface area (Å²) in [5.41, 5.74) is 2.47. The number of carbonyl (C=O) groups excluding carboxylic acids is 3. The molecule has 4 aromatic carbocycles. The summed E-state index contributed by atoms with van der Waals surface area (Å²) in [5, 5.41) is 13.4. The number of carbonyl (C=O) groups is 3. The largest absolute Gasteiger partial charge is 0.508 e. The van der Waals surface area contributed by atoms with Gasteiger partial charge >= 0.3 is 0 Å². The molecule has 3 aliphatic rings. The molecule has 11 nitrogen and oxygen atoms in total. The number of halogens is 1. The van der Waals surface area contributed by atoms with Crippen molar-refractivity contribution in [3.63, 3.8) is 0 Å². The number of phenolic OH excluding ortho intramolecular Hbond substituents is 1. The van der Waals surface area contributed by atoms with Gasteiger partial charge in [0.1, 0.15) is 35.6 Å². The van der Waals surface area contributed by atoms with E-state index in [2.05, 4.69) is 43.2 Å². The summed E-state index contributed by atoms with van der Waals surface area (Å²) >= 11 is 5.11. The first kappa shape index (κ1) is 37.0. The first-order valence-electron chi connectivity index (χ1n) is 18.5. The molecular formula is C42H41BrN4O7S. The summed E-state index contributed by atoms with van der Waals surface area (Å²) < 4.78 is 20.6. The highest BCUT2D eigenvalue weighted by Crippen LogP contribution is 2.47. The van der Waals surface area contributed by atoms with Crippen LogP contribution in [-0.2, 0) is 16.1 Å². The van der Waals surface area contributed by atoms with Crippen molar-refractivity contribution in [2.75, 3.05) is 52.5 Å². The SMILES string of the molecule is O=C1CCC(N2Cc3cc(OCCCN4CCN(CCOc5ccc(Oc6c(-c7ccc(Br)cc7)sc7cc(O)ccc67)cc5)CC4)ccc3C2=O)C(=O)N1. The van der Waals surface area contributed by atoms with Gasteiger partial charge in [-0.15, -0.1) is 11.3 Å². The number of imide groups is 1. The number of hydrogen-bond donors (Lipinski definition) is 2. The molecule has 2 saturated heterocycles. The fraction of sp³-hybridized carbons (Fsp3) is 0.310. The number of rotatable bonds is 13. The third kappa shape index (κ3) is 8.50. The van der Waals surface area contributed by atoms with Crippen LogP contribution in [0.5, 0.6) is 28.7 Å². The Morgan fingerprint density at radius 2 is 1.51 bits per heavy atom. The molecule has 1 aromatic heterocycles. The van der Waals surface area contributed by atoms with Crippen molar-refractivity contribution >= 4 is 55.1 Å². The quantitative estimate of drug-likeness (QED) is 0.0951. The maximum Gasteiger partial charge on any atom is 0.255 e. The standard InChI is InChI=1S/C42H41BrN4O7S/c43-29-4-2-27(3-5-29)40-39(35-12-6-30(48)25-37(35)55-40)54-32-9-7-31(8-10-32)53-23-21-46-19-17-45(18-20-46)16-1-22-52-33-11-13-34-28(24-33)26-47(42(34)51)36-14-15-38(49)44-41(36)50/h2-13,24-25,36,48H,1,14-23,26H2,(H,44,49,50). The van der Waals surface area contributed by atoms with Gasteiger partial charge in [-0.3, -0.25) is 24.6 Å². The third-order valence-electron chi connectivity index (χ3n) is 10.3. The monoisotopic (exact) mass is 824 g/mol. The molecule has 2 N–H and O–H groups in total. The highest BCUT2D eigenvalue weighted by molar-refractivity contribution is 9.10. The number of fused-ring (bicyclic) bond motifs is 2. The fourth-order valence-electron chi connectivity index (χ4n) is 7.32. The molecule has 13 heteroatoms. The van der Waals surface area contributed by atoms with Gasteiger partial charge in [0.2, 0.25) is 11.8 Å². The van der Waals surface area contributed by atoms with Gasteiger partial charge in [-0.25, -0.2) is 0 Å². The van der Waals surface area contributed by atoms with Crippen molar-refractivity contribution in [3.05, 3.63) is 101 Å². The molecule has 0 spiro atoms. The molecular weight excluding hydrogens is 784 g/mol. The number of benzene rings is 4. The smallest absolute Gasteiger partial charge is 0.255 e. The van der Waals surface area contributed by atoms with E-state index in [1.165, 1.54) is 0 Å². The van der Waals surface area contributed by atoms with E-state index in [9.17, 15) is 19.5 Å². The lowest BCUT2D eigenvalue weighted by molar-refractivity contribution is -0.136. The van der Waals surface area contributed by atoms with E-state index in [4.69, 9.17) is 14.2 Å². The minimum Gasteiger partial charge on any atom is -0.508 e. The van der Waals surface area contributed by atoms with Gasteiger partial charge in [0.25, 0.3) is 5.91 Å². The van der Waals surface area contributed by atoms with Gasteiger partial charge in [-0.1, -0.05) is 28.1 Å². The maximum absolute atomic E-state index is 13.0. The zero-order valence-electron chi connectivity index (χ0n) is 30.2. The van der Waals surface area contributed by atoms with Gasteiger partial charge in [0.15, 0.2) is 5.75 Å². The Morgan fingerprint density at radius 3 is 2.27 bits per heavy atom. The average Bonchev–Trinajstić information content (AvgIpc) is 3.70. The second kappa shape index (κ2) is 16.4. The number of hydrogen-bond acceptors (Lipinski definition) is 10. The number of piperazine rings is 1. The number of piperidine rings is 1. The van der Waals surface area contributed by atoms with Crippen LogP contribution < -0.4 is 19.5 Å². The lowest BCUT2D eigenvalue weighted by Gasteiger charge is -2.34. The number of phenols is 1. The zero-order chi connectivity index (χ0) is 37.9. The highest BCUT2D eigenvalue weighted by Gasteiger charge is 2.39. The Kier molecular flexibility index (Phi) is 11.0. The second-order valence-electron chi connectivity index (χ2n) is 14.0. The molecule has 2 fully saturated rings. The number of amides is 3. The van der Waals surface area contributed by atoms with Crippen LogP contribution in [0.1, 0.15) is 35.2 Å². The molecule has 8 rings (SSSR count). The Labute approximate surface area is 331 Å². The number of thiophene rings is 1. The van der Waals surface area contributed by atoms with Crippen LogP contribution in [0.15, 0.2) is 89.4 Å². The molecule has 1 unspecified atom stereocenters. The maximum atomic E-state index is 13.0. The molecule has 284 valence electrons. The minimum atomic E-state index is -0.621. The van der Waals surface area contributed by atoms with Crippen LogP contribution in [0.2, 0.25) is 0 Å². The van der Waals surface area contributed by atoms with Crippen molar-refractivity contribution in [1.29, 1.82) is 0 Å². The van der Waals surface area contributed by atoms with Crippen molar-refractivity contribution in [1.82, 2.24) is 20.0 Å². The summed E-state index contributed by atoms with van der Waals surface area (Å²) in [7, 11) is 0. The van der Waals surface area contributed by atoms with Crippen LogP contribution in [0, 0.1) is 0 Å². The summed E-state index contributed by atoms with van der Waals surface area (Å²) in [6, 6.07) is 26.1. The molecule has 3 amide bonds. The number of nitrogens with zero attached hydrogens (tertiary/aromatic N) is 3. The average molecular weight is 826 g/mol. The van der Waals surface area contributed by atoms with Crippen molar-refractivity contribution < 1.29 is 33.7 Å². The van der Waals surface area contributed by atoms with Gasteiger partial charge in [-0.05, 0) is 96.8 Å². The normalized spacial score (nSPS) is 17.7. The highest BCUT2D eigenvalue weighted by atomic mass is 79.9. The summed E-state index contributed by atoms with van der Waals surface area (Å²) in [5.74, 6) is 2.33. The number of nitrogens with one attached hydrogen (secondary N) is 1. The molecule has 3 aliphatic heterocycles. The Balaban J connectivity index is 0.750. The van der Waals surface area contributed by atoms with Crippen molar-refractivity contribution in [2.45, 2.75) is 31.8 Å². The summed E-state index contributed by atoms with van der Waals surface area (Å²) in [4.78, 5) is 44.3. The molecule has 1 atom stereocenters. The number of ether oxygens (including phenoxy) is 3. The first-order valence-corrected chi connectivity index (χ1v) is 20.2. The van der Waals surface area contributed by atoms with E-state index in [1.807, 2.05) is 54.6 Å². The van der Waals surface area contributed by atoms with Crippen LogP contribution in [0.25, 0.3) is 20.5 Å². The Bertz CT molecular complexity index is 2200. The summed E-state index contributed by atoms with van der Waals surface area (Å²) in [6.07, 6.45) is 1.47. The molecule has 55 heavy (non-hydrogen) atoms. The van der Waals surface area contributed by atoms with Crippen LogP contribution in [-0.4, -0.2) is 96.1 Å². The zero-order valence-corrected chi connectivity index (χ0v) is 32.6. The van der Waals surface area contributed by atoms with Gasteiger partial charge in [0.05, 0.1) is 11.5 Å². The Morgan fingerprint density at radius 1 is 0.800 bits per heavy atom. The molecule has 0 radical (unpaired) electrons. The molecule has 0 aliphatic carbocycles. The molecule has 5 aromatic rings. The van der Waals surface area contributed by atoms with Crippen molar-refractivity contribution in [2.24, 2.45) is 0 Å². The number of aromatic hydroxyl groups is 1. The second-order valence-corrected chi connectivity index (χ2v) is 15.9. The van der Waals surface area contributed by atoms with Crippen LogP contribution in [0.4, 0.5) is 0 Å².